The Morgan fingerprint density at radius 1 is 0.690 bits per heavy atom. The molecule has 5 aromatic rings. The van der Waals surface area contributed by atoms with Crippen molar-refractivity contribution < 1.29 is 0 Å². The van der Waals surface area contributed by atoms with Gasteiger partial charge in [-0.15, -0.1) is 0 Å². The van der Waals surface area contributed by atoms with Crippen molar-refractivity contribution in [1.29, 1.82) is 0 Å². The van der Waals surface area contributed by atoms with Gasteiger partial charge in [-0.3, -0.25) is 5.32 Å². The van der Waals surface area contributed by atoms with E-state index in [0.717, 1.165) is 33.5 Å². The molecule has 0 aliphatic carbocycles. The Labute approximate surface area is 172 Å². The van der Waals surface area contributed by atoms with Crippen LogP contribution < -0.4 is 5.32 Å². The maximum atomic E-state index is 6.05. The summed E-state index contributed by atoms with van der Waals surface area (Å²) in [5.74, 6) is 1.06. The molecule has 0 bridgehead atoms. The first-order valence-corrected chi connectivity index (χ1v) is 9.55. The molecule has 0 saturated heterocycles. The molecule has 0 amide bonds. The van der Waals surface area contributed by atoms with Gasteiger partial charge in [-0.1, -0.05) is 66.2 Å². The van der Waals surface area contributed by atoms with Crippen LogP contribution in [0.15, 0.2) is 84.9 Å². The molecule has 0 atom stereocenters. The van der Waals surface area contributed by atoms with Gasteiger partial charge in [0.2, 0.25) is 11.9 Å². The minimum absolute atomic E-state index is 0.468. The average molecular weight is 398 g/mol. The summed E-state index contributed by atoms with van der Waals surface area (Å²) in [6.45, 7) is 0. The second-order valence-corrected chi connectivity index (χ2v) is 7.00. The average Bonchev–Trinajstić information content (AvgIpc) is 3.17. The van der Waals surface area contributed by atoms with Crippen molar-refractivity contribution in [2.24, 2.45) is 0 Å². The lowest BCUT2D eigenvalue weighted by molar-refractivity contribution is 1.15. The number of fused-ring (bicyclic) bond motifs is 1. The van der Waals surface area contributed by atoms with Gasteiger partial charge in [0, 0.05) is 16.1 Å². The highest BCUT2D eigenvalue weighted by Crippen LogP contribution is 2.27. The molecule has 6 heteroatoms. The summed E-state index contributed by atoms with van der Waals surface area (Å²) < 4.78 is 0. The van der Waals surface area contributed by atoms with Gasteiger partial charge in [0.05, 0.1) is 22.4 Å². The third kappa shape index (κ3) is 3.68. The molecule has 2 aromatic heterocycles. The minimum atomic E-state index is 0.468. The summed E-state index contributed by atoms with van der Waals surface area (Å²) in [7, 11) is 0. The molecule has 0 fully saturated rings. The summed E-state index contributed by atoms with van der Waals surface area (Å²) in [5, 5.41) is 3.90. The molecule has 5 nitrogen and oxygen atoms in total. The van der Waals surface area contributed by atoms with E-state index in [-0.39, 0.29) is 0 Å². The Morgan fingerprint density at radius 3 is 2.07 bits per heavy atom. The van der Waals surface area contributed by atoms with Crippen LogP contribution in [0.1, 0.15) is 0 Å². The van der Waals surface area contributed by atoms with Crippen LogP contribution in [0.25, 0.3) is 33.5 Å². The van der Waals surface area contributed by atoms with Crippen molar-refractivity contribution in [3.63, 3.8) is 0 Å². The first-order chi connectivity index (χ1) is 14.2. The second kappa shape index (κ2) is 7.37. The van der Waals surface area contributed by atoms with Crippen molar-refractivity contribution in [3.8, 4) is 22.5 Å². The molecule has 0 saturated carbocycles. The number of anilines is 2. The monoisotopic (exact) mass is 397 g/mol. The number of imidazole rings is 1. The molecular weight excluding hydrogens is 382 g/mol. The van der Waals surface area contributed by atoms with Crippen LogP contribution in [0, 0.1) is 0 Å². The van der Waals surface area contributed by atoms with Gasteiger partial charge in [-0.2, -0.15) is 0 Å². The topological polar surface area (TPSA) is 66.5 Å². The zero-order chi connectivity index (χ0) is 19.6. The number of nitrogens with zero attached hydrogens (tertiary/aromatic N) is 3. The van der Waals surface area contributed by atoms with Crippen molar-refractivity contribution in [1.82, 2.24) is 19.9 Å². The van der Waals surface area contributed by atoms with Gasteiger partial charge in [0.15, 0.2) is 0 Å². The zero-order valence-corrected chi connectivity index (χ0v) is 16.1. The molecule has 2 N–H and O–H groups in total. The number of H-pyrrole nitrogens is 1. The van der Waals surface area contributed by atoms with Crippen LogP contribution in [0.2, 0.25) is 5.02 Å². The number of aromatic amines is 1. The standard InChI is InChI=1S/C23H16ClN5/c24-17-12-10-16(11-13-17)21-14-20(15-6-2-1-3-7-15)27-23(28-21)29-22-25-18-8-4-5-9-19(18)26-22/h1-14H,(H2,25,26,27,28,29). The van der Waals surface area contributed by atoms with Crippen molar-refractivity contribution >= 4 is 34.5 Å². The molecule has 0 radical (unpaired) electrons. The number of aromatic nitrogens is 4. The normalized spacial score (nSPS) is 10.9. The Kier molecular flexibility index (Phi) is 4.42. The zero-order valence-electron chi connectivity index (χ0n) is 15.3. The van der Waals surface area contributed by atoms with Gasteiger partial charge in [-0.25, -0.2) is 15.0 Å². The van der Waals surface area contributed by atoms with E-state index in [1.807, 2.05) is 84.9 Å². The van der Waals surface area contributed by atoms with E-state index in [9.17, 15) is 0 Å². The maximum Gasteiger partial charge on any atom is 0.230 e. The number of halogens is 1. The summed E-state index contributed by atoms with van der Waals surface area (Å²) in [5.41, 5.74) is 5.43. The number of hydrogen-bond acceptors (Lipinski definition) is 4. The predicted molar refractivity (Wildman–Crippen MR) is 117 cm³/mol. The van der Waals surface area contributed by atoms with Crippen molar-refractivity contribution in [2.75, 3.05) is 5.32 Å². The largest absolute Gasteiger partial charge is 0.324 e. The van der Waals surface area contributed by atoms with Crippen molar-refractivity contribution in [2.45, 2.75) is 0 Å². The van der Waals surface area contributed by atoms with Crippen LogP contribution in [0.4, 0.5) is 11.9 Å². The fourth-order valence-corrected chi connectivity index (χ4v) is 3.27. The van der Waals surface area contributed by atoms with Crippen LogP contribution in [-0.4, -0.2) is 19.9 Å². The first-order valence-electron chi connectivity index (χ1n) is 9.17. The lowest BCUT2D eigenvalue weighted by Gasteiger charge is -2.09. The lowest BCUT2D eigenvalue weighted by atomic mass is 10.1. The number of benzene rings is 3. The smallest absolute Gasteiger partial charge is 0.230 e. The van der Waals surface area contributed by atoms with E-state index >= 15 is 0 Å². The molecule has 0 spiro atoms. The first kappa shape index (κ1) is 17.4. The Morgan fingerprint density at radius 2 is 1.34 bits per heavy atom. The SMILES string of the molecule is Clc1ccc(-c2cc(-c3ccccc3)nc(Nc3nc4ccccc4[nH]3)n2)cc1. The quantitative estimate of drug-likeness (QED) is 0.385. The Hall–Kier alpha value is -3.70. The van der Waals surface area contributed by atoms with E-state index in [1.54, 1.807) is 0 Å². The number of rotatable bonds is 4. The number of nitrogens with one attached hydrogen (secondary N) is 2. The highest BCUT2D eigenvalue weighted by molar-refractivity contribution is 6.30. The minimum Gasteiger partial charge on any atom is -0.324 e. The molecule has 0 aliphatic heterocycles. The fraction of sp³-hybridized carbons (Fsp3) is 0. The maximum absolute atomic E-state index is 6.05. The fourth-order valence-electron chi connectivity index (χ4n) is 3.15. The molecule has 2 heterocycles. The third-order valence-corrected chi connectivity index (χ3v) is 4.81. The van der Waals surface area contributed by atoms with Gasteiger partial charge in [-0.05, 0) is 30.3 Å². The van der Waals surface area contributed by atoms with Crippen LogP contribution in [0.5, 0.6) is 0 Å². The van der Waals surface area contributed by atoms with E-state index in [2.05, 4.69) is 15.3 Å². The third-order valence-electron chi connectivity index (χ3n) is 4.56. The number of para-hydroxylation sites is 2. The molecular formula is C23H16ClN5. The molecule has 0 unspecified atom stereocenters. The van der Waals surface area contributed by atoms with E-state index < -0.39 is 0 Å². The summed E-state index contributed by atoms with van der Waals surface area (Å²) in [6.07, 6.45) is 0. The lowest BCUT2D eigenvalue weighted by Crippen LogP contribution is -2.01. The van der Waals surface area contributed by atoms with Gasteiger partial charge < -0.3 is 4.98 Å². The highest BCUT2D eigenvalue weighted by Gasteiger charge is 2.11. The summed E-state index contributed by atoms with van der Waals surface area (Å²) in [6, 6.07) is 27.5. The molecule has 140 valence electrons. The summed E-state index contributed by atoms with van der Waals surface area (Å²) in [4.78, 5) is 17.2. The predicted octanol–water partition coefficient (Wildman–Crippen LogP) is 6.08. The molecule has 29 heavy (non-hydrogen) atoms. The highest BCUT2D eigenvalue weighted by atomic mass is 35.5. The van der Waals surface area contributed by atoms with Crippen LogP contribution in [0.3, 0.4) is 0 Å². The molecule has 5 rings (SSSR count). The van der Waals surface area contributed by atoms with Crippen LogP contribution in [-0.2, 0) is 0 Å². The van der Waals surface area contributed by atoms with E-state index in [4.69, 9.17) is 21.6 Å². The summed E-state index contributed by atoms with van der Waals surface area (Å²) >= 11 is 6.05. The molecule has 3 aromatic carbocycles. The molecule has 0 aliphatic rings. The Balaban J connectivity index is 1.59. The van der Waals surface area contributed by atoms with E-state index in [0.29, 0.717) is 16.9 Å². The van der Waals surface area contributed by atoms with Crippen molar-refractivity contribution in [3.05, 3.63) is 90.0 Å². The Bertz CT molecular complexity index is 1250. The van der Waals surface area contributed by atoms with E-state index in [1.165, 1.54) is 0 Å². The number of hydrogen-bond donors (Lipinski definition) is 2. The van der Waals surface area contributed by atoms with Gasteiger partial charge in [0.25, 0.3) is 0 Å². The van der Waals surface area contributed by atoms with Crippen LogP contribution >= 0.6 is 11.6 Å². The van der Waals surface area contributed by atoms with Gasteiger partial charge >= 0.3 is 0 Å². The van der Waals surface area contributed by atoms with Gasteiger partial charge in [0.1, 0.15) is 0 Å². The second-order valence-electron chi connectivity index (χ2n) is 6.56.